The zero-order valence-corrected chi connectivity index (χ0v) is 12.6. The second kappa shape index (κ2) is 6.76. The minimum absolute atomic E-state index is 0.387. The van der Waals surface area contributed by atoms with Crippen molar-refractivity contribution in [3.8, 4) is 6.07 Å². The van der Waals surface area contributed by atoms with E-state index in [1.54, 1.807) is 0 Å². The Morgan fingerprint density at radius 1 is 1.30 bits per heavy atom. The smallest absolute Gasteiger partial charge is 0.0994 e. The molecule has 0 unspecified atom stereocenters. The average Bonchev–Trinajstić information content (AvgIpc) is 2.46. The molecule has 1 aliphatic rings. The maximum Gasteiger partial charge on any atom is 0.0994 e. The molecule has 2 rings (SSSR count). The fraction of sp³-hybridized carbons (Fsp3) is 0.588. The third-order valence-electron chi connectivity index (χ3n) is 4.31. The van der Waals surface area contributed by atoms with Crippen molar-refractivity contribution in [2.75, 3.05) is 11.4 Å². The van der Waals surface area contributed by atoms with Crippen molar-refractivity contribution in [1.29, 1.82) is 5.26 Å². The molecule has 20 heavy (non-hydrogen) atoms. The molecule has 0 atom stereocenters. The summed E-state index contributed by atoms with van der Waals surface area (Å²) in [5, 5.41) is 9.05. The van der Waals surface area contributed by atoms with Crippen LogP contribution in [0.25, 0.3) is 0 Å². The van der Waals surface area contributed by atoms with E-state index in [9.17, 15) is 0 Å². The van der Waals surface area contributed by atoms with Gasteiger partial charge in [0, 0.05) is 24.3 Å². The van der Waals surface area contributed by atoms with Crippen LogP contribution in [0.3, 0.4) is 0 Å². The van der Waals surface area contributed by atoms with Crippen molar-refractivity contribution < 1.29 is 0 Å². The van der Waals surface area contributed by atoms with Crippen LogP contribution in [0, 0.1) is 18.3 Å². The van der Waals surface area contributed by atoms with Gasteiger partial charge >= 0.3 is 0 Å². The number of benzene rings is 1. The van der Waals surface area contributed by atoms with Gasteiger partial charge in [-0.1, -0.05) is 6.92 Å². The molecule has 1 aromatic carbocycles. The first-order chi connectivity index (χ1) is 9.65. The Morgan fingerprint density at radius 3 is 2.55 bits per heavy atom. The summed E-state index contributed by atoms with van der Waals surface area (Å²) >= 11 is 0. The maximum atomic E-state index is 9.05. The molecule has 0 bridgehead atoms. The zero-order valence-electron chi connectivity index (χ0n) is 12.6. The first-order valence-electron chi connectivity index (χ1n) is 7.68. The Balaban J connectivity index is 2.20. The molecule has 2 N–H and O–H groups in total. The van der Waals surface area contributed by atoms with E-state index in [0.29, 0.717) is 12.1 Å². The van der Waals surface area contributed by atoms with E-state index in [4.69, 9.17) is 11.0 Å². The fourth-order valence-corrected chi connectivity index (χ4v) is 3.13. The minimum atomic E-state index is 0.387. The van der Waals surface area contributed by atoms with Gasteiger partial charge in [-0.2, -0.15) is 5.26 Å². The van der Waals surface area contributed by atoms with E-state index in [-0.39, 0.29) is 0 Å². The normalized spacial score (nSPS) is 22.3. The van der Waals surface area contributed by atoms with Gasteiger partial charge in [-0.3, -0.25) is 0 Å². The summed E-state index contributed by atoms with van der Waals surface area (Å²) in [6, 6.07) is 9.42. The molecule has 0 saturated heterocycles. The SMILES string of the molecule is CCCN(c1ccc(C#N)c(C)c1)C1CCC(N)CC1. The lowest BCUT2D eigenvalue weighted by atomic mass is 9.90. The van der Waals surface area contributed by atoms with Crippen molar-refractivity contribution in [2.24, 2.45) is 5.73 Å². The predicted octanol–water partition coefficient (Wildman–Crippen LogP) is 3.35. The van der Waals surface area contributed by atoms with Gasteiger partial charge in [0.2, 0.25) is 0 Å². The molecular formula is C17H25N3. The van der Waals surface area contributed by atoms with Gasteiger partial charge in [-0.05, 0) is 62.8 Å². The molecule has 108 valence electrons. The summed E-state index contributed by atoms with van der Waals surface area (Å²) in [6.45, 7) is 5.31. The largest absolute Gasteiger partial charge is 0.369 e. The highest BCUT2D eigenvalue weighted by Crippen LogP contribution is 2.28. The van der Waals surface area contributed by atoms with Crippen LogP contribution >= 0.6 is 0 Å². The zero-order chi connectivity index (χ0) is 14.5. The van der Waals surface area contributed by atoms with Gasteiger partial charge in [0.25, 0.3) is 0 Å². The summed E-state index contributed by atoms with van der Waals surface area (Å²) in [5.74, 6) is 0. The van der Waals surface area contributed by atoms with Crippen molar-refractivity contribution in [2.45, 2.75) is 58.0 Å². The molecular weight excluding hydrogens is 246 g/mol. The second-order valence-corrected chi connectivity index (χ2v) is 5.87. The van der Waals surface area contributed by atoms with Gasteiger partial charge in [0.1, 0.15) is 0 Å². The molecule has 0 radical (unpaired) electrons. The van der Waals surface area contributed by atoms with Gasteiger partial charge < -0.3 is 10.6 Å². The fourth-order valence-electron chi connectivity index (χ4n) is 3.13. The highest BCUT2D eigenvalue weighted by Gasteiger charge is 2.24. The molecule has 0 aliphatic heterocycles. The number of anilines is 1. The Kier molecular flexibility index (Phi) is 5.03. The van der Waals surface area contributed by atoms with Crippen molar-refractivity contribution in [3.05, 3.63) is 29.3 Å². The quantitative estimate of drug-likeness (QED) is 0.913. The second-order valence-electron chi connectivity index (χ2n) is 5.87. The van der Waals surface area contributed by atoms with Gasteiger partial charge in [0.15, 0.2) is 0 Å². The molecule has 1 aromatic rings. The standard InChI is InChI=1S/C17H25N3/c1-3-10-20(16-8-5-15(19)6-9-16)17-7-4-14(12-18)13(2)11-17/h4,7,11,15-16H,3,5-6,8-10,19H2,1-2H3. The van der Waals surface area contributed by atoms with E-state index < -0.39 is 0 Å². The minimum Gasteiger partial charge on any atom is -0.369 e. The predicted molar refractivity (Wildman–Crippen MR) is 83.8 cm³/mol. The maximum absolute atomic E-state index is 9.05. The first-order valence-corrected chi connectivity index (χ1v) is 7.68. The molecule has 3 heteroatoms. The van der Waals surface area contributed by atoms with Crippen molar-refractivity contribution in [1.82, 2.24) is 0 Å². The van der Waals surface area contributed by atoms with Crippen LogP contribution in [0.4, 0.5) is 5.69 Å². The summed E-state index contributed by atoms with van der Waals surface area (Å²) in [7, 11) is 0. The first kappa shape index (κ1) is 14.9. The number of hydrogen-bond donors (Lipinski definition) is 1. The summed E-state index contributed by atoms with van der Waals surface area (Å²) in [5.41, 5.74) is 9.11. The lowest BCUT2D eigenvalue weighted by Crippen LogP contribution is -2.41. The van der Waals surface area contributed by atoms with Crippen LogP contribution < -0.4 is 10.6 Å². The topological polar surface area (TPSA) is 53.0 Å². The van der Waals surface area contributed by atoms with Crippen LogP contribution in [0.5, 0.6) is 0 Å². The van der Waals surface area contributed by atoms with Crippen molar-refractivity contribution >= 4 is 5.69 Å². The van der Waals surface area contributed by atoms with Crippen LogP contribution in [-0.2, 0) is 0 Å². The number of nitriles is 1. The van der Waals surface area contributed by atoms with Gasteiger partial charge in [-0.15, -0.1) is 0 Å². The average molecular weight is 271 g/mol. The molecule has 0 aromatic heterocycles. The van der Waals surface area contributed by atoms with E-state index in [1.165, 1.54) is 18.5 Å². The number of hydrogen-bond acceptors (Lipinski definition) is 3. The lowest BCUT2D eigenvalue weighted by Gasteiger charge is -2.38. The van der Waals surface area contributed by atoms with E-state index in [0.717, 1.165) is 36.9 Å². The van der Waals surface area contributed by atoms with Gasteiger partial charge in [0.05, 0.1) is 11.6 Å². The molecule has 1 fully saturated rings. The summed E-state index contributed by atoms with van der Waals surface area (Å²) < 4.78 is 0. The molecule has 0 spiro atoms. The number of nitrogens with zero attached hydrogens (tertiary/aromatic N) is 2. The lowest BCUT2D eigenvalue weighted by molar-refractivity contribution is 0.375. The van der Waals surface area contributed by atoms with Gasteiger partial charge in [-0.25, -0.2) is 0 Å². The highest BCUT2D eigenvalue weighted by atomic mass is 15.2. The number of aryl methyl sites for hydroxylation is 1. The number of nitrogens with two attached hydrogens (primary N) is 1. The van der Waals surface area contributed by atoms with Crippen LogP contribution in [-0.4, -0.2) is 18.6 Å². The number of rotatable bonds is 4. The Labute approximate surface area is 122 Å². The third-order valence-corrected chi connectivity index (χ3v) is 4.31. The molecule has 3 nitrogen and oxygen atoms in total. The molecule has 0 amide bonds. The van der Waals surface area contributed by atoms with E-state index in [1.807, 2.05) is 13.0 Å². The monoisotopic (exact) mass is 271 g/mol. The van der Waals surface area contributed by atoms with Crippen LogP contribution in [0.15, 0.2) is 18.2 Å². The molecule has 1 saturated carbocycles. The Hall–Kier alpha value is -1.53. The Bertz CT molecular complexity index is 481. The van der Waals surface area contributed by atoms with E-state index >= 15 is 0 Å². The summed E-state index contributed by atoms with van der Waals surface area (Å²) in [6.07, 6.45) is 5.75. The van der Waals surface area contributed by atoms with Crippen LogP contribution in [0.1, 0.15) is 50.2 Å². The van der Waals surface area contributed by atoms with Crippen LogP contribution in [0.2, 0.25) is 0 Å². The molecule has 0 heterocycles. The summed E-state index contributed by atoms with van der Waals surface area (Å²) in [4.78, 5) is 2.51. The van der Waals surface area contributed by atoms with E-state index in [2.05, 4.69) is 30.0 Å². The highest BCUT2D eigenvalue weighted by molar-refractivity contribution is 5.54. The van der Waals surface area contributed by atoms with Crippen molar-refractivity contribution in [3.63, 3.8) is 0 Å². The third kappa shape index (κ3) is 3.32. The Morgan fingerprint density at radius 2 is 2.00 bits per heavy atom. The molecule has 1 aliphatic carbocycles.